The molecule has 1 N–H and O–H groups in total. The Kier molecular flexibility index (Phi) is 5.58. The van der Waals surface area contributed by atoms with Gasteiger partial charge in [-0.1, -0.05) is 6.07 Å². The molecule has 0 bridgehead atoms. The van der Waals surface area contributed by atoms with Crippen LogP contribution < -0.4 is 10.2 Å². The van der Waals surface area contributed by atoms with Crippen molar-refractivity contribution in [2.24, 2.45) is 17.8 Å². The highest BCUT2D eigenvalue weighted by Gasteiger charge is 2.48. The van der Waals surface area contributed by atoms with Crippen molar-refractivity contribution < 1.29 is 14.3 Å². The Morgan fingerprint density at radius 1 is 1.18 bits per heavy atom. The average Bonchev–Trinajstić information content (AvgIpc) is 2.69. The number of nitrogens with one attached hydrogen (secondary N) is 1. The number of carbonyl (C=O) groups is 2. The molecule has 1 aliphatic carbocycles. The maximum absolute atomic E-state index is 13.0. The number of likely N-dealkylation sites (tertiary alicyclic amines) is 1. The Morgan fingerprint density at radius 2 is 1.96 bits per heavy atom. The zero-order valence-electron chi connectivity index (χ0n) is 16.9. The number of hydrogen-bond acceptors (Lipinski definition) is 4. The molecule has 0 spiro atoms. The van der Waals surface area contributed by atoms with Crippen LogP contribution in [0.3, 0.4) is 0 Å². The summed E-state index contributed by atoms with van der Waals surface area (Å²) in [5.41, 5.74) is 1.75. The highest BCUT2D eigenvalue weighted by molar-refractivity contribution is 5.95. The minimum absolute atomic E-state index is 0.0524. The van der Waals surface area contributed by atoms with Crippen LogP contribution in [0.5, 0.6) is 0 Å². The van der Waals surface area contributed by atoms with E-state index in [1.165, 1.54) is 0 Å². The number of benzene rings is 1. The molecule has 0 radical (unpaired) electrons. The molecule has 2 saturated heterocycles. The largest absolute Gasteiger partial charge is 0.381 e. The molecule has 0 unspecified atom stereocenters. The molecule has 3 atom stereocenters. The quantitative estimate of drug-likeness (QED) is 0.863. The van der Waals surface area contributed by atoms with Crippen LogP contribution in [0.4, 0.5) is 5.69 Å². The first-order valence-corrected chi connectivity index (χ1v) is 10.5. The summed E-state index contributed by atoms with van der Waals surface area (Å²) in [7, 11) is 3.95. The Balaban J connectivity index is 1.37. The van der Waals surface area contributed by atoms with E-state index in [4.69, 9.17) is 4.74 Å². The number of rotatable bonds is 4. The van der Waals surface area contributed by atoms with Crippen molar-refractivity contribution in [3.63, 3.8) is 0 Å². The second-order valence-corrected chi connectivity index (χ2v) is 8.65. The molecule has 1 aromatic carbocycles. The lowest BCUT2D eigenvalue weighted by molar-refractivity contribution is -0.137. The van der Waals surface area contributed by atoms with Gasteiger partial charge >= 0.3 is 0 Å². The monoisotopic (exact) mass is 385 g/mol. The summed E-state index contributed by atoms with van der Waals surface area (Å²) >= 11 is 0. The average molecular weight is 386 g/mol. The third-order valence-corrected chi connectivity index (χ3v) is 6.68. The van der Waals surface area contributed by atoms with Crippen molar-refractivity contribution in [3.05, 3.63) is 29.8 Å². The lowest BCUT2D eigenvalue weighted by atomic mass is 9.61. The van der Waals surface area contributed by atoms with Gasteiger partial charge in [0.25, 0.3) is 5.91 Å². The lowest BCUT2D eigenvalue weighted by Crippen LogP contribution is -2.57. The van der Waals surface area contributed by atoms with Gasteiger partial charge in [-0.15, -0.1) is 0 Å². The molecule has 2 aliphatic heterocycles. The van der Waals surface area contributed by atoms with Gasteiger partial charge in [0.15, 0.2) is 0 Å². The van der Waals surface area contributed by atoms with Gasteiger partial charge in [0, 0.05) is 63.6 Å². The maximum Gasteiger partial charge on any atom is 0.253 e. The standard InChI is InChI=1S/C22H31N3O3/c1-24(2)18-5-3-4-16(12-18)22(27)25-9-6-15-13-19(20(15)14-25)21(26)23-17-7-10-28-11-8-17/h3-5,12,15,17,19-20H,6-11,13-14H2,1-2H3,(H,23,26)/t15-,19-,20-/m1/s1. The summed E-state index contributed by atoms with van der Waals surface area (Å²) in [6, 6.07) is 8.02. The van der Waals surface area contributed by atoms with E-state index in [0.29, 0.717) is 18.4 Å². The summed E-state index contributed by atoms with van der Waals surface area (Å²) in [6.07, 6.45) is 3.78. The van der Waals surface area contributed by atoms with E-state index in [2.05, 4.69) is 5.32 Å². The Morgan fingerprint density at radius 3 is 2.71 bits per heavy atom. The Bertz CT molecular complexity index is 729. The zero-order chi connectivity index (χ0) is 19.7. The molecular formula is C22H31N3O3. The predicted octanol–water partition coefficient (Wildman–Crippen LogP) is 2.15. The van der Waals surface area contributed by atoms with Crippen LogP contribution in [0.15, 0.2) is 24.3 Å². The Hall–Kier alpha value is -2.08. The van der Waals surface area contributed by atoms with Crippen molar-refractivity contribution in [2.45, 2.75) is 31.7 Å². The number of fused-ring (bicyclic) bond motifs is 1. The molecule has 3 fully saturated rings. The molecule has 2 heterocycles. The molecule has 4 rings (SSSR count). The zero-order valence-corrected chi connectivity index (χ0v) is 16.9. The molecule has 6 nitrogen and oxygen atoms in total. The summed E-state index contributed by atoms with van der Waals surface area (Å²) in [5, 5.41) is 3.22. The van der Waals surface area contributed by atoms with Crippen molar-refractivity contribution in [1.82, 2.24) is 10.2 Å². The first-order valence-electron chi connectivity index (χ1n) is 10.5. The SMILES string of the molecule is CN(C)c1cccc(C(=O)N2CC[C@@H]3C[C@@H](C(=O)NC4CCOCC4)[C@@H]3C2)c1. The van der Waals surface area contributed by atoms with Crippen LogP contribution in [-0.2, 0) is 9.53 Å². The van der Waals surface area contributed by atoms with Crippen molar-refractivity contribution in [1.29, 1.82) is 0 Å². The van der Waals surface area contributed by atoms with Crippen LogP contribution in [0, 0.1) is 17.8 Å². The number of piperidine rings is 1. The second kappa shape index (κ2) is 8.11. The van der Waals surface area contributed by atoms with E-state index in [-0.39, 0.29) is 23.8 Å². The van der Waals surface area contributed by atoms with Crippen LogP contribution >= 0.6 is 0 Å². The molecule has 152 valence electrons. The number of anilines is 1. The van der Waals surface area contributed by atoms with Crippen molar-refractivity contribution in [2.75, 3.05) is 45.3 Å². The lowest BCUT2D eigenvalue weighted by Gasteiger charge is -2.50. The van der Waals surface area contributed by atoms with Gasteiger partial charge in [-0.25, -0.2) is 0 Å². The van der Waals surface area contributed by atoms with E-state index in [1.807, 2.05) is 48.2 Å². The third-order valence-electron chi connectivity index (χ3n) is 6.68. The predicted molar refractivity (Wildman–Crippen MR) is 108 cm³/mol. The van der Waals surface area contributed by atoms with E-state index in [0.717, 1.165) is 56.7 Å². The molecule has 28 heavy (non-hydrogen) atoms. The molecule has 3 aliphatic rings. The van der Waals surface area contributed by atoms with Crippen LogP contribution in [0.2, 0.25) is 0 Å². The van der Waals surface area contributed by atoms with Crippen LogP contribution in [0.1, 0.15) is 36.0 Å². The fraction of sp³-hybridized carbons (Fsp3) is 0.636. The van der Waals surface area contributed by atoms with Crippen molar-refractivity contribution in [3.8, 4) is 0 Å². The van der Waals surface area contributed by atoms with Gasteiger partial charge in [-0.05, 0) is 55.7 Å². The first kappa shape index (κ1) is 19.2. The summed E-state index contributed by atoms with van der Waals surface area (Å²) < 4.78 is 5.38. The number of amides is 2. The van der Waals surface area contributed by atoms with Gasteiger partial charge in [0.1, 0.15) is 0 Å². The summed E-state index contributed by atoms with van der Waals surface area (Å²) in [4.78, 5) is 29.7. The van der Waals surface area contributed by atoms with E-state index < -0.39 is 0 Å². The van der Waals surface area contributed by atoms with Crippen LogP contribution in [0.25, 0.3) is 0 Å². The van der Waals surface area contributed by atoms with Gasteiger partial charge in [-0.3, -0.25) is 9.59 Å². The fourth-order valence-electron chi connectivity index (χ4n) is 4.82. The topological polar surface area (TPSA) is 61.9 Å². The maximum atomic E-state index is 13.0. The first-order chi connectivity index (χ1) is 13.5. The number of nitrogens with zero attached hydrogens (tertiary/aromatic N) is 2. The third kappa shape index (κ3) is 3.88. The smallest absolute Gasteiger partial charge is 0.253 e. The van der Waals surface area contributed by atoms with E-state index in [1.54, 1.807) is 0 Å². The molecule has 1 aromatic rings. The minimum Gasteiger partial charge on any atom is -0.381 e. The van der Waals surface area contributed by atoms with Gasteiger partial charge in [-0.2, -0.15) is 0 Å². The Labute approximate surface area is 167 Å². The number of carbonyl (C=O) groups excluding carboxylic acids is 2. The van der Waals surface area contributed by atoms with Gasteiger partial charge in [0.2, 0.25) is 5.91 Å². The molecular weight excluding hydrogens is 354 g/mol. The summed E-state index contributed by atoms with van der Waals surface area (Å²) in [5.74, 6) is 1.20. The number of ether oxygens (including phenoxy) is 1. The highest BCUT2D eigenvalue weighted by Crippen LogP contribution is 2.46. The molecule has 0 aromatic heterocycles. The van der Waals surface area contributed by atoms with Crippen molar-refractivity contribution >= 4 is 17.5 Å². The minimum atomic E-state index is 0.0524. The van der Waals surface area contributed by atoms with E-state index in [9.17, 15) is 9.59 Å². The van der Waals surface area contributed by atoms with Crippen LogP contribution in [-0.4, -0.2) is 63.2 Å². The second-order valence-electron chi connectivity index (χ2n) is 8.65. The molecule has 1 saturated carbocycles. The normalized spacial score (nSPS) is 27.5. The van der Waals surface area contributed by atoms with Gasteiger partial charge in [0.05, 0.1) is 0 Å². The van der Waals surface area contributed by atoms with E-state index >= 15 is 0 Å². The summed E-state index contributed by atoms with van der Waals surface area (Å²) in [6.45, 7) is 2.95. The fourth-order valence-corrected chi connectivity index (χ4v) is 4.82. The number of hydrogen-bond donors (Lipinski definition) is 1. The van der Waals surface area contributed by atoms with Gasteiger partial charge < -0.3 is 19.9 Å². The highest BCUT2D eigenvalue weighted by atomic mass is 16.5. The molecule has 2 amide bonds. The molecule has 6 heteroatoms.